The van der Waals surface area contributed by atoms with E-state index in [-0.39, 0.29) is 6.03 Å². The zero-order chi connectivity index (χ0) is 8.97. The average molecular weight is 170 g/mol. The van der Waals surface area contributed by atoms with E-state index in [1.54, 1.807) is 4.90 Å². The largest absolute Gasteiger partial charge is 0.351 e. The number of primary amides is 1. The zero-order valence-electron chi connectivity index (χ0n) is 6.82. The predicted octanol–water partition coefficient (Wildman–Crippen LogP) is -1.21. The first kappa shape index (κ1) is 8.99. The Bertz CT molecular complexity index is 175. The van der Waals surface area contributed by atoms with Crippen LogP contribution < -0.4 is 5.73 Å². The molecule has 0 bridgehead atoms. The highest BCUT2D eigenvalue weighted by Gasteiger charge is 2.18. The van der Waals surface area contributed by atoms with E-state index in [4.69, 9.17) is 5.73 Å². The fourth-order valence-corrected chi connectivity index (χ4v) is 1.22. The fraction of sp³-hybridized carbons (Fsp3) is 0.714. The third kappa shape index (κ3) is 2.20. The third-order valence-corrected chi connectivity index (χ3v) is 1.97. The van der Waals surface area contributed by atoms with Gasteiger partial charge in [-0.1, -0.05) is 0 Å². The number of nitrogens with zero attached hydrogens (tertiary/aromatic N) is 2. The van der Waals surface area contributed by atoms with Crippen LogP contribution in [0.5, 0.6) is 0 Å². The van der Waals surface area contributed by atoms with Gasteiger partial charge < -0.3 is 10.6 Å². The summed E-state index contributed by atoms with van der Waals surface area (Å²) in [6.45, 7) is 2.96. The van der Waals surface area contributed by atoms with Crippen LogP contribution in [-0.2, 0) is 4.79 Å². The van der Waals surface area contributed by atoms with E-state index in [0.29, 0.717) is 32.7 Å². The van der Waals surface area contributed by atoms with Gasteiger partial charge >= 0.3 is 6.03 Å². The summed E-state index contributed by atoms with van der Waals surface area (Å²) in [5.41, 5.74) is 5.08. The molecule has 1 aliphatic heterocycles. The van der Waals surface area contributed by atoms with E-state index in [0.717, 1.165) is 0 Å². The molecule has 0 atom stereocenters. The summed E-state index contributed by atoms with van der Waals surface area (Å²) in [7, 11) is 0. The lowest BCUT2D eigenvalue weighted by molar-refractivity contribution is 0.155. The number of hydrogen-bond donors (Lipinski definition) is 1. The van der Waals surface area contributed by atoms with Gasteiger partial charge in [0.15, 0.2) is 0 Å². The third-order valence-electron chi connectivity index (χ3n) is 1.97. The molecule has 1 heterocycles. The van der Waals surface area contributed by atoms with Crippen molar-refractivity contribution in [2.45, 2.75) is 0 Å². The topological polar surface area (TPSA) is 66.6 Å². The average Bonchev–Trinajstić information content (AvgIpc) is 2.06. The number of amides is 2. The van der Waals surface area contributed by atoms with Gasteiger partial charge in [0.2, 0.25) is 6.29 Å². The van der Waals surface area contributed by atoms with Gasteiger partial charge in [-0.05, 0) is 0 Å². The molecule has 2 amide bonds. The van der Waals surface area contributed by atoms with Crippen molar-refractivity contribution in [3.8, 4) is 0 Å². The highest BCUT2D eigenvalue weighted by atomic mass is 16.2. The maximum absolute atomic E-state index is 10.7. The molecule has 1 aliphatic rings. The Morgan fingerprint density at radius 2 is 1.92 bits per heavy atom. The first-order valence-corrected chi connectivity index (χ1v) is 3.86. The van der Waals surface area contributed by atoms with E-state index in [2.05, 4.69) is 0 Å². The monoisotopic (exact) mass is 170 g/mol. The van der Waals surface area contributed by atoms with Crippen molar-refractivity contribution in [1.29, 1.82) is 0 Å². The Hall–Kier alpha value is -1.10. The second kappa shape index (κ2) is 4.06. The van der Waals surface area contributed by atoms with Crippen LogP contribution in [0, 0.1) is 0 Å². The Morgan fingerprint density at radius 1 is 1.33 bits per heavy atom. The standard InChI is InChI=1S/C7H12N3O2/c8-7(12)10-3-1-9(2-4-10)5-6-11/h1-5H2,(H2,8,12). The molecule has 5 heteroatoms. The first-order valence-electron chi connectivity index (χ1n) is 3.86. The van der Waals surface area contributed by atoms with Crippen LogP contribution >= 0.6 is 0 Å². The van der Waals surface area contributed by atoms with Crippen molar-refractivity contribution in [3.63, 3.8) is 0 Å². The predicted molar refractivity (Wildman–Crippen MR) is 43.3 cm³/mol. The molecule has 1 radical (unpaired) electrons. The quantitative estimate of drug-likeness (QED) is 0.565. The molecular formula is C7H12N3O2. The molecule has 1 rings (SSSR count). The van der Waals surface area contributed by atoms with Crippen LogP contribution in [-0.4, -0.2) is 54.8 Å². The minimum absolute atomic E-state index is 0.326. The van der Waals surface area contributed by atoms with E-state index in [9.17, 15) is 9.59 Å². The molecule has 2 N–H and O–H groups in total. The molecular weight excluding hydrogens is 158 g/mol. The molecule has 0 aliphatic carbocycles. The molecule has 1 saturated heterocycles. The normalized spacial score (nSPS) is 19.2. The van der Waals surface area contributed by atoms with Crippen molar-refractivity contribution in [3.05, 3.63) is 0 Å². The summed E-state index contributed by atoms with van der Waals surface area (Å²) in [6, 6.07) is -0.385. The van der Waals surface area contributed by atoms with Crippen LogP contribution in [0.4, 0.5) is 4.79 Å². The van der Waals surface area contributed by atoms with Crippen molar-refractivity contribution in [1.82, 2.24) is 9.80 Å². The van der Waals surface area contributed by atoms with Crippen molar-refractivity contribution in [2.75, 3.05) is 32.7 Å². The highest BCUT2D eigenvalue weighted by Crippen LogP contribution is 1.99. The number of carbonyl (C=O) groups is 1. The number of rotatable bonds is 2. The fourth-order valence-electron chi connectivity index (χ4n) is 1.22. The second-order valence-corrected chi connectivity index (χ2v) is 2.75. The van der Waals surface area contributed by atoms with Gasteiger partial charge in [0.05, 0.1) is 6.54 Å². The molecule has 12 heavy (non-hydrogen) atoms. The molecule has 5 nitrogen and oxygen atoms in total. The van der Waals surface area contributed by atoms with E-state index < -0.39 is 0 Å². The molecule has 0 aromatic rings. The summed E-state index contributed by atoms with van der Waals surface area (Å²) in [4.78, 5) is 24.2. The summed E-state index contributed by atoms with van der Waals surface area (Å²) in [5, 5.41) is 0. The lowest BCUT2D eigenvalue weighted by atomic mass is 10.3. The van der Waals surface area contributed by atoms with Crippen LogP contribution in [0.25, 0.3) is 0 Å². The lowest BCUT2D eigenvalue weighted by Gasteiger charge is -2.32. The van der Waals surface area contributed by atoms with Gasteiger partial charge in [0.1, 0.15) is 0 Å². The molecule has 0 aromatic carbocycles. The minimum Gasteiger partial charge on any atom is -0.351 e. The van der Waals surface area contributed by atoms with Crippen LogP contribution in [0.15, 0.2) is 0 Å². The Morgan fingerprint density at radius 3 is 2.33 bits per heavy atom. The van der Waals surface area contributed by atoms with Gasteiger partial charge in [-0.2, -0.15) is 0 Å². The lowest BCUT2D eigenvalue weighted by Crippen LogP contribution is -2.50. The summed E-state index contributed by atoms with van der Waals surface area (Å²) >= 11 is 0. The maximum atomic E-state index is 10.7. The maximum Gasteiger partial charge on any atom is 0.314 e. The number of carbonyl (C=O) groups excluding carboxylic acids is 2. The van der Waals surface area contributed by atoms with Crippen LogP contribution in [0.2, 0.25) is 0 Å². The zero-order valence-corrected chi connectivity index (χ0v) is 6.82. The Labute approximate surface area is 71.1 Å². The molecule has 0 saturated carbocycles. The second-order valence-electron chi connectivity index (χ2n) is 2.75. The van der Waals surface area contributed by atoms with Crippen LogP contribution in [0.1, 0.15) is 0 Å². The van der Waals surface area contributed by atoms with Crippen LogP contribution in [0.3, 0.4) is 0 Å². The molecule has 1 fully saturated rings. The van der Waals surface area contributed by atoms with Gasteiger partial charge in [0.25, 0.3) is 0 Å². The summed E-state index contributed by atoms with van der Waals surface area (Å²) in [6.07, 6.45) is 1.82. The Kier molecular flexibility index (Phi) is 3.04. The Balaban J connectivity index is 2.29. The van der Waals surface area contributed by atoms with Crippen molar-refractivity contribution < 1.29 is 9.59 Å². The molecule has 67 valence electrons. The first-order chi connectivity index (χ1) is 5.74. The van der Waals surface area contributed by atoms with Crippen molar-refractivity contribution >= 4 is 12.3 Å². The summed E-state index contributed by atoms with van der Waals surface area (Å²) < 4.78 is 0. The van der Waals surface area contributed by atoms with Crippen molar-refractivity contribution in [2.24, 2.45) is 5.73 Å². The summed E-state index contributed by atoms with van der Waals surface area (Å²) in [5.74, 6) is 0. The van der Waals surface area contributed by atoms with E-state index in [1.807, 2.05) is 11.2 Å². The SMILES string of the molecule is NC(=O)N1CCN(C[C]=O)CC1. The smallest absolute Gasteiger partial charge is 0.314 e. The minimum atomic E-state index is -0.385. The number of hydrogen-bond acceptors (Lipinski definition) is 3. The number of piperazine rings is 1. The molecule has 0 unspecified atom stereocenters. The van der Waals surface area contributed by atoms with Gasteiger partial charge in [-0.3, -0.25) is 9.69 Å². The number of nitrogens with two attached hydrogens (primary N) is 1. The molecule has 0 aromatic heterocycles. The van der Waals surface area contributed by atoms with Gasteiger partial charge in [-0.25, -0.2) is 4.79 Å². The highest BCUT2D eigenvalue weighted by molar-refractivity contribution is 5.72. The van der Waals surface area contributed by atoms with Gasteiger partial charge in [-0.15, -0.1) is 0 Å². The number of urea groups is 1. The van der Waals surface area contributed by atoms with E-state index >= 15 is 0 Å². The van der Waals surface area contributed by atoms with Gasteiger partial charge in [0, 0.05) is 26.2 Å². The molecule has 0 spiro atoms. The van der Waals surface area contributed by atoms with E-state index in [1.165, 1.54) is 0 Å².